The van der Waals surface area contributed by atoms with Crippen LogP contribution in [0.4, 0.5) is 10.1 Å². The Kier molecular flexibility index (Phi) is 5.46. The van der Waals surface area contributed by atoms with E-state index < -0.39 is 5.91 Å². The van der Waals surface area contributed by atoms with Crippen molar-refractivity contribution in [2.24, 2.45) is 0 Å². The fourth-order valence-corrected chi connectivity index (χ4v) is 3.40. The molecular formula is C23H18BrFN4O. The molecule has 0 saturated heterocycles. The Balaban J connectivity index is 1.77. The van der Waals surface area contributed by atoms with E-state index in [-0.39, 0.29) is 11.6 Å². The number of hydrogen-bond donors (Lipinski definition) is 1. The number of amides is 1. The Morgan fingerprint density at radius 2 is 1.60 bits per heavy atom. The maximum atomic E-state index is 13.4. The number of hydrogen-bond acceptors (Lipinski definition) is 3. The van der Waals surface area contributed by atoms with Crippen molar-refractivity contribution < 1.29 is 9.18 Å². The SMILES string of the molecule is Cc1cccc(C)c1NC(=O)c1nc(-c2ccc(Br)cc2)n(-c2ccc(F)cc2)n1. The quantitative estimate of drug-likeness (QED) is 0.420. The number of nitrogens with zero attached hydrogens (tertiary/aromatic N) is 3. The number of aryl methyl sites for hydroxylation is 2. The van der Waals surface area contributed by atoms with Gasteiger partial charge in [0, 0.05) is 15.7 Å². The Hall–Kier alpha value is -3.32. The third-order valence-corrected chi connectivity index (χ3v) is 5.23. The monoisotopic (exact) mass is 464 g/mol. The standard InChI is InChI=1S/C23H18BrFN4O/c1-14-4-3-5-15(2)20(14)26-23(30)21-27-22(16-6-8-17(24)9-7-16)29(28-21)19-12-10-18(25)11-13-19/h3-13H,1-2H3,(H,26,30). The number of carbonyl (C=O) groups excluding carboxylic acids is 1. The van der Waals surface area contributed by atoms with Crippen LogP contribution in [-0.2, 0) is 0 Å². The van der Waals surface area contributed by atoms with Crippen LogP contribution < -0.4 is 5.32 Å². The van der Waals surface area contributed by atoms with Crippen molar-refractivity contribution in [1.82, 2.24) is 14.8 Å². The van der Waals surface area contributed by atoms with Gasteiger partial charge in [-0.2, -0.15) is 0 Å². The van der Waals surface area contributed by atoms with Crippen LogP contribution in [0.5, 0.6) is 0 Å². The fraction of sp³-hybridized carbons (Fsp3) is 0.0870. The largest absolute Gasteiger partial charge is 0.319 e. The number of aromatic nitrogens is 3. The summed E-state index contributed by atoms with van der Waals surface area (Å²) in [7, 11) is 0. The van der Waals surface area contributed by atoms with E-state index in [0.717, 1.165) is 26.9 Å². The van der Waals surface area contributed by atoms with Crippen LogP contribution in [0.15, 0.2) is 71.2 Å². The second kappa shape index (κ2) is 8.20. The summed E-state index contributed by atoms with van der Waals surface area (Å²) in [6.45, 7) is 3.86. The zero-order valence-corrected chi connectivity index (χ0v) is 17.9. The van der Waals surface area contributed by atoms with Crippen LogP contribution in [0.2, 0.25) is 0 Å². The van der Waals surface area contributed by atoms with Crippen molar-refractivity contribution in [3.63, 3.8) is 0 Å². The van der Waals surface area contributed by atoms with Gasteiger partial charge in [-0.15, -0.1) is 5.10 Å². The first-order chi connectivity index (χ1) is 14.4. The highest BCUT2D eigenvalue weighted by Gasteiger charge is 2.20. The zero-order valence-electron chi connectivity index (χ0n) is 16.4. The highest BCUT2D eigenvalue weighted by Crippen LogP contribution is 2.25. The Morgan fingerprint density at radius 1 is 0.967 bits per heavy atom. The molecule has 0 aliphatic heterocycles. The average Bonchev–Trinajstić information content (AvgIpc) is 3.17. The summed E-state index contributed by atoms with van der Waals surface area (Å²) >= 11 is 3.42. The summed E-state index contributed by atoms with van der Waals surface area (Å²) in [5, 5.41) is 7.34. The molecule has 1 aromatic heterocycles. The lowest BCUT2D eigenvalue weighted by Crippen LogP contribution is -2.16. The molecule has 150 valence electrons. The van der Waals surface area contributed by atoms with Gasteiger partial charge in [-0.25, -0.2) is 14.1 Å². The smallest absolute Gasteiger partial charge is 0.295 e. The van der Waals surface area contributed by atoms with Gasteiger partial charge in [0.25, 0.3) is 5.91 Å². The Labute approximate surface area is 181 Å². The third kappa shape index (κ3) is 4.02. The second-order valence-electron chi connectivity index (χ2n) is 6.88. The maximum Gasteiger partial charge on any atom is 0.295 e. The molecular weight excluding hydrogens is 447 g/mol. The van der Waals surface area contributed by atoms with Crippen molar-refractivity contribution in [2.45, 2.75) is 13.8 Å². The summed E-state index contributed by atoms with van der Waals surface area (Å²) in [4.78, 5) is 17.4. The number of anilines is 1. The molecule has 3 aromatic carbocycles. The van der Waals surface area contributed by atoms with E-state index in [9.17, 15) is 9.18 Å². The predicted molar refractivity (Wildman–Crippen MR) is 118 cm³/mol. The molecule has 7 heteroatoms. The molecule has 1 N–H and O–H groups in total. The molecule has 0 fully saturated rings. The number of halogens is 2. The van der Waals surface area contributed by atoms with Crippen LogP contribution in [0, 0.1) is 19.7 Å². The van der Waals surface area contributed by atoms with Crippen LogP contribution in [0.1, 0.15) is 21.7 Å². The van der Waals surface area contributed by atoms with E-state index in [2.05, 4.69) is 31.3 Å². The summed E-state index contributed by atoms with van der Waals surface area (Å²) in [5.41, 5.74) is 4.03. The number of rotatable bonds is 4. The highest BCUT2D eigenvalue weighted by atomic mass is 79.9. The third-order valence-electron chi connectivity index (χ3n) is 4.70. The van der Waals surface area contributed by atoms with Gasteiger partial charge in [-0.1, -0.05) is 46.3 Å². The van der Waals surface area contributed by atoms with Gasteiger partial charge in [-0.05, 0) is 61.4 Å². The topological polar surface area (TPSA) is 59.8 Å². The first-order valence-corrected chi connectivity index (χ1v) is 10.1. The van der Waals surface area contributed by atoms with Crippen molar-refractivity contribution in [3.8, 4) is 17.1 Å². The number of benzene rings is 3. The lowest BCUT2D eigenvalue weighted by Gasteiger charge is -2.09. The molecule has 0 saturated carbocycles. The molecule has 0 unspecified atom stereocenters. The first kappa shape index (κ1) is 20.0. The summed E-state index contributed by atoms with van der Waals surface area (Å²) in [6.07, 6.45) is 0. The molecule has 5 nitrogen and oxygen atoms in total. The van der Waals surface area contributed by atoms with E-state index >= 15 is 0 Å². The molecule has 0 aliphatic rings. The van der Waals surface area contributed by atoms with Crippen LogP contribution in [0.25, 0.3) is 17.1 Å². The van der Waals surface area contributed by atoms with Gasteiger partial charge in [-0.3, -0.25) is 4.79 Å². The fourth-order valence-electron chi connectivity index (χ4n) is 3.14. The molecule has 1 heterocycles. The highest BCUT2D eigenvalue weighted by molar-refractivity contribution is 9.10. The summed E-state index contributed by atoms with van der Waals surface area (Å²) in [6, 6.07) is 19.2. The van der Waals surface area contributed by atoms with Crippen molar-refractivity contribution in [3.05, 3.63) is 94.0 Å². The van der Waals surface area contributed by atoms with Crippen molar-refractivity contribution >= 4 is 27.5 Å². The maximum absolute atomic E-state index is 13.4. The van der Waals surface area contributed by atoms with E-state index in [1.807, 2.05) is 56.3 Å². The van der Waals surface area contributed by atoms with Gasteiger partial charge < -0.3 is 5.32 Å². The van der Waals surface area contributed by atoms with Crippen LogP contribution in [0.3, 0.4) is 0 Å². The Bertz CT molecular complexity index is 1130. The van der Waals surface area contributed by atoms with E-state index in [1.54, 1.807) is 16.8 Å². The van der Waals surface area contributed by atoms with Gasteiger partial charge in [0.2, 0.25) is 5.82 Å². The average molecular weight is 465 g/mol. The minimum Gasteiger partial charge on any atom is -0.319 e. The van der Waals surface area contributed by atoms with E-state index in [4.69, 9.17) is 0 Å². The number of nitrogens with one attached hydrogen (secondary N) is 1. The molecule has 1 amide bonds. The molecule has 0 atom stereocenters. The summed E-state index contributed by atoms with van der Waals surface area (Å²) < 4.78 is 15.9. The van der Waals surface area contributed by atoms with E-state index in [1.165, 1.54) is 12.1 Å². The molecule has 0 bridgehead atoms. The van der Waals surface area contributed by atoms with Gasteiger partial charge in [0.05, 0.1) is 5.69 Å². The van der Waals surface area contributed by atoms with Gasteiger partial charge in [0.15, 0.2) is 5.82 Å². The second-order valence-corrected chi connectivity index (χ2v) is 7.79. The molecule has 4 aromatic rings. The zero-order chi connectivity index (χ0) is 21.3. The van der Waals surface area contributed by atoms with Gasteiger partial charge in [0.1, 0.15) is 5.82 Å². The van der Waals surface area contributed by atoms with Crippen LogP contribution in [-0.4, -0.2) is 20.7 Å². The normalized spacial score (nSPS) is 10.8. The molecule has 0 radical (unpaired) electrons. The first-order valence-electron chi connectivity index (χ1n) is 9.29. The minimum atomic E-state index is -0.411. The Morgan fingerprint density at radius 3 is 2.23 bits per heavy atom. The van der Waals surface area contributed by atoms with Crippen molar-refractivity contribution in [1.29, 1.82) is 0 Å². The summed E-state index contributed by atoms with van der Waals surface area (Å²) in [5.74, 6) is -0.246. The van der Waals surface area contributed by atoms with Crippen LogP contribution >= 0.6 is 15.9 Å². The lowest BCUT2D eigenvalue weighted by molar-refractivity contribution is 0.101. The molecule has 0 spiro atoms. The molecule has 4 rings (SSSR count). The van der Waals surface area contributed by atoms with Crippen molar-refractivity contribution in [2.75, 3.05) is 5.32 Å². The van der Waals surface area contributed by atoms with Gasteiger partial charge >= 0.3 is 0 Å². The molecule has 30 heavy (non-hydrogen) atoms. The number of carbonyl (C=O) groups is 1. The minimum absolute atomic E-state index is 0.0277. The molecule has 0 aliphatic carbocycles. The lowest BCUT2D eigenvalue weighted by atomic mass is 10.1. The predicted octanol–water partition coefficient (Wildman–Crippen LogP) is 5.71. The van der Waals surface area contributed by atoms with E-state index in [0.29, 0.717) is 11.5 Å². The number of para-hydroxylation sites is 1.